The molecule has 4 rings (SSSR count). The average molecular weight is 347 g/mol. The molecule has 1 aliphatic rings. The zero-order chi connectivity index (χ0) is 15.8. The minimum Gasteiger partial charge on any atom is -0.327 e. The molecule has 0 amide bonds. The zero-order valence-corrected chi connectivity index (χ0v) is 14.6. The number of nitrogens with zero attached hydrogens (tertiary/aromatic N) is 2. The lowest BCUT2D eigenvalue weighted by Gasteiger charge is -2.21. The monoisotopic (exact) mass is 346 g/mol. The Balaban J connectivity index is 1.86. The van der Waals surface area contributed by atoms with Crippen molar-refractivity contribution >= 4 is 45.0 Å². The summed E-state index contributed by atoms with van der Waals surface area (Å²) in [5.74, 6) is 0. The molecule has 0 unspecified atom stereocenters. The fraction of sp³-hybridized carbons (Fsp3) is 0.368. The summed E-state index contributed by atoms with van der Waals surface area (Å²) < 4.78 is 2.41. The number of likely N-dealkylation sites (tertiary alicyclic amines) is 1. The Morgan fingerprint density at radius 2 is 1.26 bits per heavy atom. The molecule has 0 saturated carbocycles. The molecule has 0 N–H and O–H groups in total. The van der Waals surface area contributed by atoms with Crippen molar-refractivity contribution in [3.63, 3.8) is 0 Å². The van der Waals surface area contributed by atoms with E-state index in [0.717, 1.165) is 16.7 Å². The van der Waals surface area contributed by atoms with Crippen molar-refractivity contribution in [3.8, 4) is 0 Å². The quantitative estimate of drug-likeness (QED) is 0.557. The van der Waals surface area contributed by atoms with E-state index in [1.54, 1.807) is 0 Å². The highest BCUT2D eigenvalue weighted by atomic mass is 35.5. The summed E-state index contributed by atoms with van der Waals surface area (Å²) in [7, 11) is 0. The molecule has 0 spiro atoms. The Morgan fingerprint density at radius 1 is 0.739 bits per heavy atom. The van der Waals surface area contributed by atoms with Gasteiger partial charge >= 0.3 is 0 Å². The standard InChI is InChI=1S/C19H20Cl2N2/c20-14-5-7-18-16(11-14)17-12-15(21)6-8-19(17)23(18)13-22-9-3-1-2-4-10-22/h5-8,11-12H,1-4,9-10,13H2. The van der Waals surface area contributed by atoms with Crippen LogP contribution in [-0.2, 0) is 6.67 Å². The van der Waals surface area contributed by atoms with Crippen LogP contribution in [0.4, 0.5) is 0 Å². The van der Waals surface area contributed by atoms with Gasteiger partial charge in [-0.15, -0.1) is 0 Å². The maximum absolute atomic E-state index is 6.23. The van der Waals surface area contributed by atoms with E-state index in [4.69, 9.17) is 23.2 Å². The number of hydrogen-bond donors (Lipinski definition) is 0. The zero-order valence-electron chi connectivity index (χ0n) is 13.1. The van der Waals surface area contributed by atoms with Crippen LogP contribution < -0.4 is 0 Å². The van der Waals surface area contributed by atoms with Crippen LogP contribution in [0.1, 0.15) is 25.7 Å². The van der Waals surface area contributed by atoms with Crippen LogP contribution >= 0.6 is 23.2 Å². The predicted molar refractivity (Wildman–Crippen MR) is 99.5 cm³/mol. The van der Waals surface area contributed by atoms with E-state index in [1.165, 1.54) is 60.6 Å². The second-order valence-corrected chi connectivity index (χ2v) is 7.30. The van der Waals surface area contributed by atoms with E-state index in [9.17, 15) is 0 Å². The Bertz CT molecular complexity index is 786. The summed E-state index contributed by atoms with van der Waals surface area (Å²) in [6.07, 6.45) is 5.31. The largest absolute Gasteiger partial charge is 0.327 e. The van der Waals surface area contributed by atoms with E-state index in [1.807, 2.05) is 12.1 Å². The summed E-state index contributed by atoms with van der Waals surface area (Å²) >= 11 is 12.5. The molecular formula is C19H20Cl2N2. The lowest BCUT2D eigenvalue weighted by molar-refractivity contribution is 0.234. The third-order valence-electron chi connectivity index (χ3n) is 4.83. The first-order chi connectivity index (χ1) is 11.2. The van der Waals surface area contributed by atoms with Gasteiger partial charge < -0.3 is 4.57 Å². The van der Waals surface area contributed by atoms with Gasteiger partial charge in [-0.3, -0.25) is 4.90 Å². The maximum Gasteiger partial charge on any atom is 0.0757 e. The fourth-order valence-electron chi connectivity index (χ4n) is 3.68. The van der Waals surface area contributed by atoms with Gasteiger partial charge in [0.1, 0.15) is 0 Å². The van der Waals surface area contributed by atoms with E-state index >= 15 is 0 Å². The van der Waals surface area contributed by atoms with Crippen LogP contribution in [0.3, 0.4) is 0 Å². The second kappa shape index (κ2) is 6.35. The fourth-order valence-corrected chi connectivity index (χ4v) is 4.02. The Labute approximate surface area is 146 Å². The highest BCUT2D eigenvalue weighted by Gasteiger charge is 2.15. The van der Waals surface area contributed by atoms with Gasteiger partial charge in [0.2, 0.25) is 0 Å². The SMILES string of the molecule is Clc1ccc2c(c1)c1cc(Cl)ccc1n2CN1CCCCCC1. The molecule has 0 atom stereocenters. The number of aromatic nitrogens is 1. The minimum absolute atomic E-state index is 0.770. The Kier molecular flexibility index (Phi) is 4.23. The van der Waals surface area contributed by atoms with Crippen molar-refractivity contribution in [2.75, 3.05) is 13.1 Å². The highest BCUT2D eigenvalue weighted by molar-refractivity contribution is 6.33. The summed E-state index contributed by atoms with van der Waals surface area (Å²) in [6, 6.07) is 12.3. The van der Waals surface area contributed by atoms with Gasteiger partial charge in [0.25, 0.3) is 0 Å². The summed E-state index contributed by atoms with van der Waals surface area (Å²) in [6.45, 7) is 3.30. The molecule has 120 valence electrons. The van der Waals surface area contributed by atoms with Crippen molar-refractivity contribution in [2.45, 2.75) is 32.4 Å². The molecule has 0 bridgehead atoms. The Hall–Kier alpha value is -1.22. The van der Waals surface area contributed by atoms with Gasteiger partial charge in [-0.25, -0.2) is 0 Å². The van der Waals surface area contributed by atoms with Gasteiger partial charge in [0.15, 0.2) is 0 Å². The van der Waals surface area contributed by atoms with Crippen LogP contribution in [0.25, 0.3) is 21.8 Å². The van der Waals surface area contributed by atoms with Crippen LogP contribution in [0.5, 0.6) is 0 Å². The molecule has 23 heavy (non-hydrogen) atoms. The summed E-state index contributed by atoms with van der Waals surface area (Å²) in [4.78, 5) is 2.56. The molecule has 1 saturated heterocycles. The summed E-state index contributed by atoms with van der Waals surface area (Å²) in [5, 5.41) is 3.91. The molecule has 1 fully saturated rings. The first-order valence-corrected chi connectivity index (χ1v) is 9.07. The van der Waals surface area contributed by atoms with Gasteiger partial charge in [0, 0.05) is 20.8 Å². The average Bonchev–Trinajstić information content (AvgIpc) is 2.70. The minimum atomic E-state index is 0.770. The highest BCUT2D eigenvalue weighted by Crippen LogP contribution is 2.33. The van der Waals surface area contributed by atoms with Gasteiger partial charge in [-0.05, 0) is 62.3 Å². The van der Waals surface area contributed by atoms with Crippen LogP contribution in [0.15, 0.2) is 36.4 Å². The van der Waals surface area contributed by atoms with E-state index in [-0.39, 0.29) is 0 Å². The normalized spacial score (nSPS) is 17.0. The van der Waals surface area contributed by atoms with Crippen molar-refractivity contribution in [2.24, 2.45) is 0 Å². The maximum atomic E-state index is 6.23. The topological polar surface area (TPSA) is 8.17 Å². The van der Waals surface area contributed by atoms with Crippen LogP contribution in [0, 0.1) is 0 Å². The molecule has 1 aliphatic heterocycles. The molecule has 3 aromatic rings. The number of benzene rings is 2. The molecule has 1 aromatic heterocycles. The van der Waals surface area contributed by atoms with Crippen molar-refractivity contribution < 1.29 is 0 Å². The van der Waals surface area contributed by atoms with E-state index in [2.05, 4.69) is 33.7 Å². The first kappa shape index (κ1) is 15.3. The smallest absolute Gasteiger partial charge is 0.0757 e. The molecule has 2 nitrogen and oxygen atoms in total. The van der Waals surface area contributed by atoms with Crippen molar-refractivity contribution in [3.05, 3.63) is 46.4 Å². The molecule has 0 aliphatic carbocycles. The summed E-state index contributed by atoms with van der Waals surface area (Å²) in [5.41, 5.74) is 2.46. The molecule has 4 heteroatoms. The second-order valence-electron chi connectivity index (χ2n) is 6.42. The van der Waals surface area contributed by atoms with Crippen molar-refractivity contribution in [1.29, 1.82) is 0 Å². The number of halogens is 2. The molecule has 0 radical (unpaired) electrons. The van der Waals surface area contributed by atoms with Crippen LogP contribution in [-0.4, -0.2) is 22.6 Å². The Morgan fingerprint density at radius 3 is 1.78 bits per heavy atom. The molecular weight excluding hydrogens is 327 g/mol. The lowest BCUT2D eigenvalue weighted by atomic mass is 10.1. The third-order valence-corrected chi connectivity index (χ3v) is 5.30. The molecule has 2 aromatic carbocycles. The van der Waals surface area contributed by atoms with Gasteiger partial charge in [-0.2, -0.15) is 0 Å². The van der Waals surface area contributed by atoms with E-state index < -0.39 is 0 Å². The third kappa shape index (κ3) is 2.96. The van der Waals surface area contributed by atoms with Crippen LogP contribution in [0.2, 0.25) is 10.0 Å². The predicted octanol–water partition coefficient (Wildman–Crippen LogP) is 5.93. The first-order valence-electron chi connectivity index (χ1n) is 8.32. The lowest BCUT2D eigenvalue weighted by Crippen LogP contribution is -2.27. The van der Waals surface area contributed by atoms with Gasteiger partial charge in [0.05, 0.1) is 17.7 Å². The molecule has 2 heterocycles. The van der Waals surface area contributed by atoms with Crippen molar-refractivity contribution in [1.82, 2.24) is 9.47 Å². The van der Waals surface area contributed by atoms with Gasteiger partial charge in [-0.1, -0.05) is 36.0 Å². The number of rotatable bonds is 2. The number of hydrogen-bond acceptors (Lipinski definition) is 1. The van der Waals surface area contributed by atoms with E-state index in [0.29, 0.717) is 0 Å². The number of fused-ring (bicyclic) bond motifs is 3.